The van der Waals surface area contributed by atoms with Crippen molar-refractivity contribution in [3.8, 4) is 5.75 Å². The van der Waals surface area contributed by atoms with Gasteiger partial charge in [-0.15, -0.1) is 0 Å². The van der Waals surface area contributed by atoms with Gasteiger partial charge in [-0.25, -0.2) is 0 Å². The average molecular weight is 276 g/mol. The third-order valence-electron chi connectivity index (χ3n) is 3.95. The number of nitrogens with zero attached hydrogens (tertiary/aromatic N) is 1. The Kier molecular flexibility index (Phi) is 5.41. The van der Waals surface area contributed by atoms with Crippen LogP contribution in [0.2, 0.25) is 0 Å². The van der Waals surface area contributed by atoms with Crippen molar-refractivity contribution in [3.05, 3.63) is 29.8 Å². The molecule has 0 saturated heterocycles. The molecule has 110 valence electrons. The van der Waals surface area contributed by atoms with Crippen LogP contribution < -0.4 is 10.5 Å². The molecular weight excluding hydrogens is 252 g/mol. The molecule has 0 spiro atoms. The highest BCUT2D eigenvalue weighted by atomic mass is 16.5. The van der Waals surface area contributed by atoms with Gasteiger partial charge in [-0.2, -0.15) is 0 Å². The van der Waals surface area contributed by atoms with E-state index in [1.165, 1.54) is 12.8 Å². The van der Waals surface area contributed by atoms with E-state index in [-0.39, 0.29) is 5.91 Å². The van der Waals surface area contributed by atoms with Crippen LogP contribution in [0.4, 0.5) is 0 Å². The van der Waals surface area contributed by atoms with E-state index in [1.807, 2.05) is 29.2 Å². The summed E-state index contributed by atoms with van der Waals surface area (Å²) in [7, 11) is 1.62. The van der Waals surface area contributed by atoms with Crippen molar-refractivity contribution in [1.82, 2.24) is 4.90 Å². The summed E-state index contributed by atoms with van der Waals surface area (Å²) in [5, 5.41) is 0. The Morgan fingerprint density at radius 1 is 1.40 bits per heavy atom. The van der Waals surface area contributed by atoms with Crippen LogP contribution in [0, 0.1) is 0 Å². The maximum Gasteiger partial charge on any atom is 0.254 e. The van der Waals surface area contributed by atoms with Crippen molar-refractivity contribution >= 4 is 5.91 Å². The molecule has 1 aromatic carbocycles. The Labute approximate surface area is 120 Å². The van der Waals surface area contributed by atoms with Crippen molar-refractivity contribution in [2.45, 2.75) is 38.1 Å². The molecule has 2 N–H and O–H groups in total. The Bertz CT molecular complexity index is 442. The molecule has 0 aliphatic heterocycles. The highest BCUT2D eigenvalue weighted by Gasteiger charge is 2.27. The van der Waals surface area contributed by atoms with Gasteiger partial charge in [-0.05, 0) is 44.0 Å². The van der Waals surface area contributed by atoms with E-state index in [2.05, 4.69) is 0 Å². The zero-order chi connectivity index (χ0) is 14.4. The molecule has 0 aromatic heterocycles. The lowest BCUT2D eigenvalue weighted by molar-refractivity contribution is 0.0680. The molecule has 2 rings (SSSR count). The van der Waals surface area contributed by atoms with Gasteiger partial charge in [-0.3, -0.25) is 4.79 Å². The number of ether oxygens (including phenoxy) is 1. The summed E-state index contributed by atoms with van der Waals surface area (Å²) < 4.78 is 5.20. The van der Waals surface area contributed by atoms with Gasteiger partial charge in [0.15, 0.2) is 0 Å². The van der Waals surface area contributed by atoms with Crippen LogP contribution in [0.1, 0.15) is 42.5 Å². The van der Waals surface area contributed by atoms with Crippen LogP contribution in [0.15, 0.2) is 24.3 Å². The lowest BCUT2D eigenvalue weighted by atomic mass is 10.1. The van der Waals surface area contributed by atoms with E-state index in [9.17, 15) is 4.79 Å². The van der Waals surface area contributed by atoms with Crippen LogP contribution in [0.5, 0.6) is 5.75 Å². The highest BCUT2D eigenvalue weighted by Crippen LogP contribution is 2.25. The molecule has 0 unspecified atom stereocenters. The van der Waals surface area contributed by atoms with Gasteiger partial charge >= 0.3 is 0 Å². The normalized spacial score (nSPS) is 15.3. The molecular formula is C16H24N2O2. The lowest BCUT2D eigenvalue weighted by Crippen LogP contribution is -2.40. The summed E-state index contributed by atoms with van der Waals surface area (Å²) in [6.07, 6.45) is 5.51. The quantitative estimate of drug-likeness (QED) is 0.868. The number of amides is 1. The number of hydrogen-bond acceptors (Lipinski definition) is 3. The minimum atomic E-state index is 0.101. The number of methoxy groups -OCH3 is 1. The van der Waals surface area contributed by atoms with Crippen molar-refractivity contribution in [1.29, 1.82) is 0 Å². The monoisotopic (exact) mass is 276 g/mol. The summed E-state index contributed by atoms with van der Waals surface area (Å²) in [4.78, 5) is 14.7. The van der Waals surface area contributed by atoms with Crippen LogP contribution in [-0.2, 0) is 0 Å². The Morgan fingerprint density at radius 3 is 2.80 bits per heavy atom. The minimum absolute atomic E-state index is 0.101. The lowest BCUT2D eigenvalue weighted by Gasteiger charge is -2.29. The van der Waals surface area contributed by atoms with Crippen molar-refractivity contribution in [3.63, 3.8) is 0 Å². The SMILES string of the molecule is COc1cccc(C(=O)N(CCCN)C2CCCC2)c1. The summed E-state index contributed by atoms with van der Waals surface area (Å²) in [6, 6.07) is 7.76. The maximum atomic E-state index is 12.7. The van der Waals surface area contributed by atoms with Gasteiger partial charge in [0.2, 0.25) is 0 Å². The first-order valence-corrected chi connectivity index (χ1v) is 7.41. The summed E-state index contributed by atoms with van der Waals surface area (Å²) >= 11 is 0. The van der Waals surface area contributed by atoms with Gasteiger partial charge in [0.05, 0.1) is 7.11 Å². The van der Waals surface area contributed by atoms with Crippen LogP contribution in [0.25, 0.3) is 0 Å². The van der Waals surface area contributed by atoms with Gasteiger partial charge < -0.3 is 15.4 Å². The van der Waals surface area contributed by atoms with E-state index in [0.717, 1.165) is 31.6 Å². The van der Waals surface area contributed by atoms with E-state index in [1.54, 1.807) is 7.11 Å². The Hall–Kier alpha value is -1.55. The van der Waals surface area contributed by atoms with Crippen LogP contribution in [-0.4, -0.2) is 37.0 Å². The van der Waals surface area contributed by atoms with Gasteiger partial charge in [0.25, 0.3) is 5.91 Å². The first-order valence-electron chi connectivity index (χ1n) is 7.41. The fourth-order valence-corrected chi connectivity index (χ4v) is 2.85. The molecule has 0 atom stereocenters. The minimum Gasteiger partial charge on any atom is -0.497 e. The Balaban J connectivity index is 2.15. The van der Waals surface area contributed by atoms with Gasteiger partial charge in [0, 0.05) is 18.2 Å². The second-order valence-electron chi connectivity index (χ2n) is 5.31. The molecule has 4 heteroatoms. The second kappa shape index (κ2) is 7.29. The topological polar surface area (TPSA) is 55.6 Å². The fourth-order valence-electron chi connectivity index (χ4n) is 2.85. The number of carbonyl (C=O) groups excluding carboxylic acids is 1. The van der Waals surface area contributed by atoms with Crippen molar-refractivity contribution in [2.24, 2.45) is 5.73 Å². The number of carbonyl (C=O) groups is 1. The summed E-state index contributed by atoms with van der Waals surface area (Å²) in [5.41, 5.74) is 6.30. The number of hydrogen-bond donors (Lipinski definition) is 1. The first-order chi connectivity index (χ1) is 9.76. The standard InChI is InChI=1S/C16H24N2O2/c1-20-15-9-4-6-13(12-15)16(19)18(11-5-10-17)14-7-2-3-8-14/h4,6,9,12,14H,2-3,5,7-8,10-11,17H2,1H3. The van der Waals surface area contributed by atoms with Gasteiger partial charge in [0.1, 0.15) is 5.75 Å². The molecule has 0 bridgehead atoms. The number of rotatable bonds is 6. The predicted octanol–water partition coefficient (Wildman–Crippen LogP) is 2.43. The summed E-state index contributed by atoms with van der Waals surface area (Å²) in [6.45, 7) is 1.37. The largest absolute Gasteiger partial charge is 0.497 e. The molecule has 0 radical (unpaired) electrons. The number of nitrogens with two attached hydrogens (primary N) is 1. The van der Waals surface area contributed by atoms with E-state index < -0.39 is 0 Å². The fraction of sp³-hybridized carbons (Fsp3) is 0.562. The zero-order valence-electron chi connectivity index (χ0n) is 12.2. The molecule has 1 aromatic rings. The molecule has 20 heavy (non-hydrogen) atoms. The second-order valence-corrected chi connectivity index (χ2v) is 5.31. The first kappa shape index (κ1) is 14.9. The molecule has 1 fully saturated rings. The third kappa shape index (κ3) is 3.51. The molecule has 0 heterocycles. The average Bonchev–Trinajstić information content (AvgIpc) is 3.01. The molecule has 4 nitrogen and oxygen atoms in total. The maximum absolute atomic E-state index is 12.7. The highest BCUT2D eigenvalue weighted by molar-refractivity contribution is 5.94. The van der Waals surface area contributed by atoms with Crippen molar-refractivity contribution < 1.29 is 9.53 Å². The molecule has 1 amide bonds. The van der Waals surface area contributed by atoms with E-state index in [4.69, 9.17) is 10.5 Å². The van der Waals surface area contributed by atoms with E-state index in [0.29, 0.717) is 18.2 Å². The van der Waals surface area contributed by atoms with Crippen LogP contribution >= 0.6 is 0 Å². The Morgan fingerprint density at radius 2 is 2.15 bits per heavy atom. The molecule has 1 saturated carbocycles. The molecule has 1 aliphatic rings. The van der Waals surface area contributed by atoms with E-state index >= 15 is 0 Å². The van der Waals surface area contributed by atoms with Crippen molar-refractivity contribution in [2.75, 3.05) is 20.2 Å². The third-order valence-corrected chi connectivity index (χ3v) is 3.95. The van der Waals surface area contributed by atoms with Crippen LogP contribution in [0.3, 0.4) is 0 Å². The predicted molar refractivity (Wildman–Crippen MR) is 80.0 cm³/mol. The molecule has 1 aliphatic carbocycles. The smallest absolute Gasteiger partial charge is 0.254 e. The zero-order valence-corrected chi connectivity index (χ0v) is 12.2. The van der Waals surface area contributed by atoms with Gasteiger partial charge in [-0.1, -0.05) is 18.9 Å². The summed E-state index contributed by atoms with van der Waals surface area (Å²) in [5.74, 6) is 0.824. The number of benzene rings is 1.